The van der Waals surface area contributed by atoms with E-state index < -0.39 is 0 Å². The first kappa shape index (κ1) is 8.44. The minimum atomic E-state index is 0.288. The van der Waals surface area contributed by atoms with Crippen LogP contribution in [0.3, 0.4) is 0 Å². The number of nitriles is 1. The van der Waals surface area contributed by atoms with Gasteiger partial charge in [-0.3, -0.25) is 0 Å². The molecule has 0 aliphatic carbocycles. The molecule has 2 heterocycles. The maximum absolute atomic E-state index is 8.83. The van der Waals surface area contributed by atoms with Gasteiger partial charge in [-0.15, -0.1) is 5.10 Å². The third-order valence-corrected chi connectivity index (χ3v) is 1.92. The highest BCUT2D eigenvalue weighted by molar-refractivity contribution is 5.55. The first-order valence-corrected chi connectivity index (χ1v) is 4.03. The lowest BCUT2D eigenvalue weighted by Gasteiger charge is -2.01. The van der Waals surface area contributed by atoms with Crippen LogP contribution in [-0.4, -0.2) is 19.6 Å². The highest BCUT2D eigenvalue weighted by Gasteiger charge is 2.11. The Bertz CT molecular complexity index is 547. The molecule has 0 unspecified atom stereocenters. The van der Waals surface area contributed by atoms with Crippen LogP contribution < -0.4 is 5.73 Å². The summed E-state index contributed by atoms with van der Waals surface area (Å²) in [7, 11) is 0. The van der Waals surface area contributed by atoms with Crippen molar-refractivity contribution in [2.75, 3.05) is 5.73 Å². The fourth-order valence-corrected chi connectivity index (χ4v) is 1.27. The molecule has 0 aromatic carbocycles. The van der Waals surface area contributed by atoms with Crippen molar-refractivity contribution in [3.8, 4) is 6.07 Å². The molecule has 0 radical (unpaired) electrons. The molecule has 0 aliphatic rings. The third kappa shape index (κ3) is 0.992. The van der Waals surface area contributed by atoms with Crippen molar-refractivity contribution in [3.05, 3.63) is 17.1 Å². The minimum absolute atomic E-state index is 0.288. The Kier molecular flexibility index (Phi) is 1.61. The van der Waals surface area contributed by atoms with E-state index in [1.54, 1.807) is 13.8 Å². The number of anilines is 1. The van der Waals surface area contributed by atoms with Gasteiger partial charge in [0.2, 0.25) is 0 Å². The summed E-state index contributed by atoms with van der Waals surface area (Å²) in [6.07, 6.45) is 0. The van der Waals surface area contributed by atoms with Gasteiger partial charge in [0.1, 0.15) is 23.3 Å². The SMILES string of the molecule is Cc1nc2nc(C)c(C#N)c(N)n2n1. The van der Waals surface area contributed by atoms with E-state index in [-0.39, 0.29) is 5.82 Å². The van der Waals surface area contributed by atoms with E-state index in [0.29, 0.717) is 22.9 Å². The van der Waals surface area contributed by atoms with Crippen LogP contribution >= 0.6 is 0 Å². The van der Waals surface area contributed by atoms with Gasteiger partial charge < -0.3 is 5.73 Å². The number of fused-ring (bicyclic) bond motifs is 1. The van der Waals surface area contributed by atoms with Gasteiger partial charge in [0, 0.05) is 0 Å². The van der Waals surface area contributed by atoms with Crippen molar-refractivity contribution in [3.63, 3.8) is 0 Å². The molecule has 14 heavy (non-hydrogen) atoms. The normalized spacial score (nSPS) is 10.4. The largest absolute Gasteiger partial charge is 0.382 e. The van der Waals surface area contributed by atoms with E-state index in [0.717, 1.165) is 0 Å². The highest BCUT2D eigenvalue weighted by Crippen LogP contribution is 2.14. The zero-order valence-electron chi connectivity index (χ0n) is 7.81. The van der Waals surface area contributed by atoms with Crippen molar-refractivity contribution in [1.82, 2.24) is 19.6 Å². The second-order valence-corrected chi connectivity index (χ2v) is 2.94. The van der Waals surface area contributed by atoms with Crippen LogP contribution in [0.1, 0.15) is 17.1 Å². The molecule has 6 nitrogen and oxygen atoms in total. The Morgan fingerprint density at radius 2 is 2.07 bits per heavy atom. The second kappa shape index (κ2) is 2.67. The fraction of sp³-hybridized carbons (Fsp3) is 0.250. The molecule has 2 N–H and O–H groups in total. The average molecular weight is 188 g/mol. The lowest BCUT2D eigenvalue weighted by Crippen LogP contribution is -2.06. The van der Waals surface area contributed by atoms with Gasteiger partial charge in [-0.05, 0) is 13.8 Å². The molecule has 2 aromatic rings. The van der Waals surface area contributed by atoms with Gasteiger partial charge in [-0.2, -0.15) is 14.8 Å². The fourth-order valence-electron chi connectivity index (χ4n) is 1.27. The quantitative estimate of drug-likeness (QED) is 0.637. The number of aryl methyl sites for hydroxylation is 2. The lowest BCUT2D eigenvalue weighted by molar-refractivity contribution is 0.916. The summed E-state index contributed by atoms with van der Waals surface area (Å²) >= 11 is 0. The summed E-state index contributed by atoms with van der Waals surface area (Å²) in [5.74, 6) is 1.30. The van der Waals surface area contributed by atoms with Crippen molar-refractivity contribution < 1.29 is 0 Å². The standard InChI is InChI=1S/C8H8N6/c1-4-6(3-9)7(10)14-8(11-4)12-5(2)13-14/h10H2,1-2H3. The van der Waals surface area contributed by atoms with Crippen molar-refractivity contribution >= 4 is 11.6 Å². The van der Waals surface area contributed by atoms with Crippen LogP contribution in [0, 0.1) is 25.2 Å². The third-order valence-electron chi connectivity index (χ3n) is 1.92. The number of nitrogens with two attached hydrogens (primary N) is 1. The molecule has 0 fully saturated rings. The molecule has 0 spiro atoms. The van der Waals surface area contributed by atoms with E-state index in [2.05, 4.69) is 15.1 Å². The Hall–Kier alpha value is -2.16. The van der Waals surface area contributed by atoms with Crippen LogP contribution in [-0.2, 0) is 0 Å². The van der Waals surface area contributed by atoms with Crippen LogP contribution in [0.15, 0.2) is 0 Å². The van der Waals surface area contributed by atoms with Crippen molar-refractivity contribution in [1.29, 1.82) is 5.26 Å². The number of nitrogen functional groups attached to an aromatic ring is 1. The monoisotopic (exact) mass is 188 g/mol. The second-order valence-electron chi connectivity index (χ2n) is 2.94. The zero-order valence-corrected chi connectivity index (χ0v) is 7.81. The van der Waals surface area contributed by atoms with E-state index in [1.807, 2.05) is 6.07 Å². The van der Waals surface area contributed by atoms with Gasteiger partial charge in [-0.1, -0.05) is 0 Å². The van der Waals surface area contributed by atoms with E-state index >= 15 is 0 Å². The van der Waals surface area contributed by atoms with Gasteiger partial charge in [0.25, 0.3) is 5.78 Å². The Morgan fingerprint density at radius 1 is 1.36 bits per heavy atom. The highest BCUT2D eigenvalue weighted by atomic mass is 15.3. The minimum Gasteiger partial charge on any atom is -0.382 e. The molecule has 0 bridgehead atoms. The molecular weight excluding hydrogens is 180 g/mol. The Labute approximate surface area is 80.0 Å². The number of hydrogen-bond acceptors (Lipinski definition) is 5. The van der Waals surface area contributed by atoms with Crippen LogP contribution in [0.4, 0.5) is 5.82 Å². The molecule has 0 aliphatic heterocycles. The summed E-state index contributed by atoms with van der Waals surface area (Å²) in [6, 6.07) is 1.99. The van der Waals surface area contributed by atoms with Gasteiger partial charge in [0.05, 0.1) is 5.69 Å². The number of rotatable bonds is 0. The van der Waals surface area contributed by atoms with Crippen LogP contribution in [0.2, 0.25) is 0 Å². The first-order chi connectivity index (χ1) is 6.63. The predicted octanol–water partition coefficient (Wildman–Crippen LogP) is 0.195. The summed E-state index contributed by atoms with van der Waals surface area (Å²) in [5.41, 5.74) is 6.67. The van der Waals surface area contributed by atoms with Gasteiger partial charge in [0.15, 0.2) is 0 Å². The Morgan fingerprint density at radius 3 is 2.71 bits per heavy atom. The molecule has 2 rings (SSSR count). The van der Waals surface area contributed by atoms with E-state index in [1.165, 1.54) is 4.52 Å². The zero-order chi connectivity index (χ0) is 10.3. The van der Waals surface area contributed by atoms with E-state index in [4.69, 9.17) is 11.0 Å². The average Bonchev–Trinajstić information content (AvgIpc) is 2.47. The maximum Gasteiger partial charge on any atom is 0.254 e. The maximum atomic E-state index is 8.83. The van der Waals surface area contributed by atoms with Crippen molar-refractivity contribution in [2.45, 2.75) is 13.8 Å². The first-order valence-electron chi connectivity index (χ1n) is 4.03. The van der Waals surface area contributed by atoms with Crippen molar-refractivity contribution in [2.24, 2.45) is 0 Å². The molecule has 0 saturated carbocycles. The van der Waals surface area contributed by atoms with Crippen LogP contribution in [0.5, 0.6) is 0 Å². The van der Waals surface area contributed by atoms with Crippen LogP contribution in [0.25, 0.3) is 5.78 Å². The number of aromatic nitrogens is 4. The predicted molar refractivity (Wildman–Crippen MR) is 49.4 cm³/mol. The Balaban J connectivity index is 2.93. The molecule has 0 atom stereocenters. The molecule has 2 aromatic heterocycles. The molecular formula is C8H8N6. The lowest BCUT2D eigenvalue weighted by atomic mass is 10.2. The van der Waals surface area contributed by atoms with E-state index in [9.17, 15) is 0 Å². The number of hydrogen-bond donors (Lipinski definition) is 1. The molecule has 0 amide bonds. The summed E-state index contributed by atoms with van der Waals surface area (Å²) < 4.78 is 1.38. The van der Waals surface area contributed by atoms with Gasteiger partial charge >= 0.3 is 0 Å². The summed E-state index contributed by atoms with van der Waals surface area (Å²) in [4.78, 5) is 8.18. The topological polar surface area (TPSA) is 92.9 Å². The number of nitrogens with zero attached hydrogens (tertiary/aromatic N) is 5. The summed E-state index contributed by atoms with van der Waals surface area (Å²) in [5, 5.41) is 12.9. The molecule has 0 saturated heterocycles. The smallest absolute Gasteiger partial charge is 0.254 e. The molecule has 6 heteroatoms. The summed E-state index contributed by atoms with van der Waals surface area (Å²) in [6.45, 7) is 3.47. The van der Waals surface area contributed by atoms with Gasteiger partial charge in [-0.25, -0.2) is 4.98 Å². The molecule has 70 valence electrons.